The molecule has 0 bridgehead atoms. The van der Waals surface area contributed by atoms with Crippen LogP contribution < -0.4 is 5.43 Å². The summed E-state index contributed by atoms with van der Waals surface area (Å²) in [5, 5.41) is 1.83. The first kappa shape index (κ1) is 17.4. The van der Waals surface area contributed by atoms with Crippen molar-refractivity contribution in [3.63, 3.8) is 0 Å². The van der Waals surface area contributed by atoms with E-state index in [0.29, 0.717) is 0 Å². The standard InChI is InChI=1S/C24H24N2O/c1-24(2,3)26-25-22(19-14-8-5-9-15-19)23(27-26)21-17-11-10-16-20(21)18-12-6-4-7-13-18/h4-17,25H,1-3H3. The lowest BCUT2D eigenvalue weighted by Gasteiger charge is -2.30. The second-order valence-electron chi connectivity index (χ2n) is 7.65. The smallest absolute Gasteiger partial charge is 0.182 e. The van der Waals surface area contributed by atoms with Gasteiger partial charge in [-0.25, -0.2) is 0 Å². The van der Waals surface area contributed by atoms with E-state index < -0.39 is 0 Å². The Morgan fingerprint density at radius 3 is 1.78 bits per heavy atom. The Bertz CT molecular complexity index is 956. The molecule has 0 saturated heterocycles. The summed E-state index contributed by atoms with van der Waals surface area (Å²) in [5.41, 5.74) is 8.75. The van der Waals surface area contributed by atoms with Gasteiger partial charge in [-0.2, -0.15) is 0 Å². The minimum Gasteiger partial charge on any atom is -0.383 e. The largest absolute Gasteiger partial charge is 0.383 e. The van der Waals surface area contributed by atoms with Gasteiger partial charge in [-0.15, -0.1) is 0 Å². The average molecular weight is 356 g/mol. The van der Waals surface area contributed by atoms with Crippen molar-refractivity contribution in [2.45, 2.75) is 26.3 Å². The minimum absolute atomic E-state index is 0.191. The third-order valence-electron chi connectivity index (χ3n) is 4.55. The molecule has 1 N–H and O–H groups in total. The molecule has 0 spiro atoms. The normalized spacial score (nSPS) is 14.8. The Morgan fingerprint density at radius 2 is 1.19 bits per heavy atom. The van der Waals surface area contributed by atoms with Crippen molar-refractivity contribution in [1.82, 2.24) is 10.6 Å². The lowest BCUT2D eigenvalue weighted by Crippen LogP contribution is -2.45. The molecule has 0 aliphatic carbocycles. The van der Waals surface area contributed by atoms with Gasteiger partial charge in [0.1, 0.15) is 5.70 Å². The summed E-state index contributed by atoms with van der Waals surface area (Å²) < 4.78 is 0. The molecule has 0 saturated carbocycles. The van der Waals surface area contributed by atoms with E-state index in [4.69, 9.17) is 4.84 Å². The summed E-state index contributed by atoms with van der Waals surface area (Å²) >= 11 is 0. The van der Waals surface area contributed by atoms with Crippen LogP contribution in [0.1, 0.15) is 31.9 Å². The molecule has 3 heteroatoms. The molecule has 1 aliphatic heterocycles. The van der Waals surface area contributed by atoms with E-state index in [1.165, 1.54) is 5.56 Å². The quantitative estimate of drug-likeness (QED) is 0.648. The van der Waals surface area contributed by atoms with E-state index in [2.05, 4.69) is 86.9 Å². The van der Waals surface area contributed by atoms with E-state index in [1.807, 2.05) is 29.4 Å². The molecule has 3 aromatic carbocycles. The number of nitrogens with one attached hydrogen (secondary N) is 1. The SMILES string of the molecule is CC(C)(C)N1NC(c2ccccc2)=C(c2ccccc2-c2ccccc2)O1. The lowest BCUT2D eigenvalue weighted by atomic mass is 9.97. The fraction of sp³-hybridized carbons (Fsp3) is 0.167. The van der Waals surface area contributed by atoms with Gasteiger partial charge in [0, 0.05) is 11.1 Å². The first-order valence-corrected chi connectivity index (χ1v) is 9.23. The van der Waals surface area contributed by atoms with Crippen LogP contribution in [-0.2, 0) is 4.84 Å². The van der Waals surface area contributed by atoms with Gasteiger partial charge in [0.05, 0.1) is 5.54 Å². The molecule has 1 heterocycles. The maximum atomic E-state index is 6.34. The molecule has 136 valence electrons. The molecule has 1 aliphatic rings. The zero-order chi connectivity index (χ0) is 18.9. The maximum Gasteiger partial charge on any atom is 0.182 e. The van der Waals surface area contributed by atoms with Crippen molar-refractivity contribution in [2.75, 3.05) is 0 Å². The molecule has 0 atom stereocenters. The predicted molar refractivity (Wildman–Crippen MR) is 111 cm³/mol. The number of hydroxylamine groups is 1. The molecule has 3 aromatic rings. The molecular weight excluding hydrogens is 332 g/mol. The third-order valence-corrected chi connectivity index (χ3v) is 4.55. The highest BCUT2D eigenvalue weighted by Gasteiger charge is 2.34. The van der Waals surface area contributed by atoms with Gasteiger partial charge in [-0.3, -0.25) is 5.43 Å². The van der Waals surface area contributed by atoms with E-state index in [9.17, 15) is 0 Å². The van der Waals surface area contributed by atoms with E-state index in [1.54, 1.807) is 0 Å². The Labute approximate surface area is 160 Å². The monoisotopic (exact) mass is 356 g/mol. The summed E-state index contributed by atoms with van der Waals surface area (Å²) in [5.74, 6) is 0.843. The molecule has 0 amide bonds. The predicted octanol–water partition coefficient (Wildman–Crippen LogP) is 5.73. The van der Waals surface area contributed by atoms with E-state index in [-0.39, 0.29) is 5.54 Å². The molecule has 0 fully saturated rings. The first-order valence-electron chi connectivity index (χ1n) is 9.23. The lowest BCUT2D eigenvalue weighted by molar-refractivity contribution is -0.163. The van der Waals surface area contributed by atoms with Crippen LogP contribution in [0.3, 0.4) is 0 Å². The molecule has 4 rings (SSSR count). The zero-order valence-corrected chi connectivity index (χ0v) is 15.9. The topological polar surface area (TPSA) is 24.5 Å². The molecule has 0 unspecified atom stereocenters. The van der Waals surface area contributed by atoms with Gasteiger partial charge in [0.2, 0.25) is 0 Å². The van der Waals surface area contributed by atoms with Crippen molar-refractivity contribution in [1.29, 1.82) is 0 Å². The highest BCUT2D eigenvalue weighted by molar-refractivity contribution is 5.92. The first-order chi connectivity index (χ1) is 13.0. The van der Waals surface area contributed by atoms with Gasteiger partial charge in [0.25, 0.3) is 0 Å². The van der Waals surface area contributed by atoms with Crippen LogP contribution >= 0.6 is 0 Å². The van der Waals surface area contributed by atoms with Crippen LogP contribution in [0.5, 0.6) is 0 Å². The zero-order valence-electron chi connectivity index (χ0n) is 15.9. The van der Waals surface area contributed by atoms with Gasteiger partial charge in [-0.1, -0.05) is 84.9 Å². The fourth-order valence-corrected chi connectivity index (χ4v) is 3.15. The second kappa shape index (κ2) is 6.93. The highest BCUT2D eigenvalue weighted by atomic mass is 16.7. The van der Waals surface area contributed by atoms with Gasteiger partial charge in [0.15, 0.2) is 5.76 Å². The average Bonchev–Trinajstić information content (AvgIpc) is 3.15. The number of hydrogen-bond acceptors (Lipinski definition) is 3. The number of rotatable bonds is 3. The van der Waals surface area contributed by atoms with Crippen molar-refractivity contribution in [3.8, 4) is 11.1 Å². The molecule has 0 radical (unpaired) electrons. The van der Waals surface area contributed by atoms with Crippen molar-refractivity contribution in [3.05, 3.63) is 96.1 Å². The molecule has 0 aromatic heterocycles. The van der Waals surface area contributed by atoms with E-state index >= 15 is 0 Å². The number of hydrogen-bond donors (Lipinski definition) is 1. The van der Waals surface area contributed by atoms with Crippen molar-refractivity contribution >= 4 is 11.5 Å². The summed E-state index contributed by atoms with van der Waals surface area (Å²) in [7, 11) is 0. The Balaban J connectivity index is 1.87. The van der Waals surface area contributed by atoms with Gasteiger partial charge >= 0.3 is 0 Å². The van der Waals surface area contributed by atoms with Crippen LogP contribution in [0.25, 0.3) is 22.6 Å². The third kappa shape index (κ3) is 3.46. The number of nitrogens with zero attached hydrogens (tertiary/aromatic N) is 1. The number of benzene rings is 3. The summed E-state index contributed by atoms with van der Waals surface area (Å²) in [6.07, 6.45) is 0. The fourth-order valence-electron chi connectivity index (χ4n) is 3.15. The summed E-state index contributed by atoms with van der Waals surface area (Å²) in [4.78, 5) is 6.34. The van der Waals surface area contributed by atoms with Crippen molar-refractivity contribution < 1.29 is 4.84 Å². The molecular formula is C24H24N2O. The summed E-state index contributed by atoms with van der Waals surface area (Å²) in [6, 6.07) is 29.1. The van der Waals surface area contributed by atoms with Crippen LogP contribution in [0.15, 0.2) is 84.9 Å². The highest BCUT2D eigenvalue weighted by Crippen LogP contribution is 2.38. The van der Waals surface area contributed by atoms with Crippen LogP contribution in [0.4, 0.5) is 0 Å². The summed E-state index contributed by atoms with van der Waals surface area (Å²) in [6.45, 7) is 6.36. The molecule has 27 heavy (non-hydrogen) atoms. The van der Waals surface area contributed by atoms with Crippen LogP contribution in [-0.4, -0.2) is 10.7 Å². The second-order valence-corrected chi connectivity index (χ2v) is 7.65. The van der Waals surface area contributed by atoms with Gasteiger partial charge < -0.3 is 4.84 Å². The maximum absolute atomic E-state index is 6.34. The van der Waals surface area contributed by atoms with Crippen LogP contribution in [0, 0.1) is 0 Å². The van der Waals surface area contributed by atoms with Crippen LogP contribution in [0.2, 0.25) is 0 Å². The van der Waals surface area contributed by atoms with Crippen molar-refractivity contribution in [2.24, 2.45) is 0 Å². The van der Waals surface area contributed by atoms with E-state index in [0.717, 1.165) is 28.1 Å². The number of hydrazine groups is 1. The van der Waals surface area contributed by atoms with Gasteiger partial charge in [-0.05, 0) is 37.1 Å². The molecule has 3 nitrogen and oxygen atoms in total. The Hall–Kier alpha value is -3.04. The minimum atomic E-state index is -0.191. The Kier molecular flexibility index (Phi) is 4.46. The Morgan fingerprint density at radius 1 is 0.667 bits per heavy atom.